The molecule has 0 fully saturated rings. The van der Waals surface area contributed by atoms with Gasteiger partial charge >= 0.3 is 0 Å². The molecule has 0 spiro atoms. The molecule has 90 valence electrons. The summed E-state index contributed by atoms with van der Waals surface area (Å²) in [7, 11) is 0. The normalized spacial score (nSPS) is 11.1. The van der Waals surface area contributed by atoms with Crippen LogP contribution >= 0.6 is 34.2 Å². The quantitative estimate of drug-likeness (QED) is 0.579. The molecule has 0 aliphatic carbocycles. The first-order valence-electron chi connectivity index (χ1n) is 5.24. The van der Waals surface area contributed by atoms with Crippen LogP contribution in [0.15, 0.2) is 42.6 Å². The number of hydrogen-bond donors (Lipinski definition) is 0. The molecule has 0 atom stereocenters. The van der Waals surface area contributed by atoms with Crippen molar-refractivity contribution in [3.8, 4) is 11.3 Å². The standard InChI is InChI=1S/C13H7ClFIN2/c14-9-3-1-8(2-4-9)12-13(16)18-7-10(15)5-6-11(18)17-12/h1-7H. The van der Waals surface area contributed by atoms with E-state index in [1.54, 1.807) is 10.5 Å². The highest BCUT2D eigenvalue weighted by Crippen LogP contribution is 2.27. The van der Waals surface area contributed by atoms with Crippen molar-refractivity contribution in [3.05, 3.63) is 57.1 Å². The number of nitrogens with zero attached hydrogens (tertiary/aromatic N) is 2. The fraction of sp³-hybridized carbons (Fsp3) is 0. The van der Waals surface area contributed by atoms with Gasteiger partial charge in [-0.2, -0.15) is 0 Å². The third-order valence-corrected chi connectivity index (χ3v) is 3.92. The molecule has 0 aliphatic heterocycles. The lowest BCUT2D eigenvalue weighted by Crippen LogP contribution is -1.88. The van der Waals surface area contributed by atoms with Crippen molar-refractivity contribution in [2.24, 2.45) is 0 Å². The van der Waals surface area contributed by atoms with Gasteiger partial charge in [-0.1, -0.05) is 23.7 Å². The second-order valence-corrected chi connectivity index (χ2v) is 5.29. The molecule has 5 heteroatoms. The minimum Gasteiger partial charge on any atom is -0.291 e. The Bertz CT molecular complexity index is 722. The van der Waals surface area contributed by atoms with Crippen LogP contribution in [-0.2, 0) is 0 Å². The van der Waals surface area contributed by atoms with Gasteiger partial charge in [-0.05, 0) is 46.9 Å². The van der Waals surface area contributed by atoms with Crippen molar-refractivity contribution in [2.75, 3.05) is 0 Å². The molecule has 0 unspecified atom stereocenters. The molecular formula is C13H7ClFIN2. The molecule has 3 rings (SSSR count). The van der Waals surface area contributed by atoms with Crippen molar-refractivity contribution < 1.29 is 4.39 Å². The number of fused-ring (bicyclic) bond motifs is 1. The van der Waals surface area contributed by atoms with E-state index < -0.39 is 0 Å². The number of benzene rings is 1. The summed E-state index contributed by atoms with van der Waals surface area (Å²) in [6.07, 6.45) is 1.43. The maximum absolute atomic E-state index is 13.2. The van der Waals surface area contributed by atoms with E-state index in [0.29, 0.717) is 5.02 Å². The van der Waals surface area contributed by atoms with Crippen molar-refractivity contribution in [1.29, 1.82) is 0 Å². The van der Waals surface area contributed by atoms with Gasteiger partial charge in [-0.25, -0.2) is 9.37 Å². The smallest absolute Gasteiger partial charge is 0.139 e. The van der Waals surface area contributed by atoms with Crippen molar-refractivity contribution in [3.63, 3.8) is 0 Å². The van der Waals surface area contributed by atoms with Crippen LogP contribution in [-0.4, -0.2) is 9.38 Å². The highest BCUT2D eigenvalue weighted by Gasteiger charge is 2.11. The maximum atomic E-state index is 13.2. The number of halogens is 3. The third-order valence-electron chi connectivity index (χ3n) is 2.64. The minimum absolute atomic E-state index is 0.277. The number of rotatable bonds is 1. The van der Waals surface area contributed by atoms with E-state index in [9.17, 15) is 4.39 Å². The zero-order valence-corrected chi connectivity index (χ0v) is 12.0. The van der Waals surface area contributed by atoms with Gasteiger partial charge in [-0.15, -0.1) is 0 Å². The summed E-state index contributed by atoms with van der Waals surface area (Å²) in [6.45, 7) is 0. The number of aromatic nitrogens is 2. The van der Waals surface area contributed by atoms with Gasteiger partial charge in [0, 0.05) is 16.8 Å². The second kappa shape index (κ2) is 4.51. The zero-order chi connectivity index (χ0) is 12.7. The van der Waals surface area contributed by atoms with Gasteiger partial charge < -0.3 is 0 Å². The molecule has 2 aromatic heterocycles. The van der Waals surface area contributed by atoms with Crippen LogP contribution in [0.5, 0.6) is 0 Å². The van der Waals surface area contributed by atoms with Gasteiger partial charge in [0.2, 0.25) is 0 Å². The van der Waals surface area contributed by atoms with Gasteiger partial charge in [0.1, 0.15) is 20.9 Å². The van der Waals surface area contributed by atoms with Gasteiger partial charge in [0.25, 0.3) is 0 Å². The number of imidazole rings is 1. The first-order valence-corrected chi connectivity index (χ1v) is 6.70. The highest BCUT2D eigenvalue weighted by atomic mass is 127. The molecule has 0 aliphatic rings. The molecule has 0 N–H and O–H groups in total. The molecule has 3 aromatic rings. The van der Waals surface area contributed by atoms with Crippen LogP contribution in [0.25, 0.3) is 16.9 Å². The Kier molecular flexibility index (Phi) is 2.99. The van der Waals surface area contributed by atoms with Crippen LogP contribution < -0.4 is 0 Å². The maximum Gasteiger partial charge on any atom is 0.139 e. The Morgan fingerprint density at radius 2 is 1.83 bits per heavy atom. The highest BCUT2D eigenvalue weighted by molar-refractivity contribution is 14.1. The van der Waals surface area contributed by atoms with Crippen LogP contribution in [0.4, 0.5) is 4.39 Å². The summed E-state index contributed by atoms with van der Waals surface area (Å²) >= 11 is 8.02. The summed E-state index contributed by atoms with van der Waals surface area (Å²) in [5.41, 5.74) is 2.52. The third kappa shape index (κ3) is 1.99. The molecule has 1 aromatic carbocycles. The van der Waals surface area contributed by atoms with E-state index in [1.165, 1.54) is 12.3 Å². The first-order chi connectivity index (χ1) is 8.65. The average Bonchev–Trinajstić information content (AvgIpc) is 2.68. The Morgan fingerprint density at radius 3 is 2.56 bits per heavy atom. The number of pyridine rings is 1. The average molecular weight is 373 g/mol. The molecule has 0 radical (unpaired) electrons. The monoisotopic (exact) mass is 372 g/mol. The molecule has 0 saturated carbocycles. The van der Waals surface area contributed by atoms with Crippen molar-refractivity contribution in [1.82, 2.24) is 9.38 Å². The van der Waals surface area contributed by atoms with Gasteiger partial charge in [0.15, 0.2) is 0 Å². The molecule has 18 heavy (non-hydrogen) atoms. The molecule has 2 nitrogen and oxygen atoms in total. The van der Waals surface area contributed by atoms with E-state index in [2.05, 4.69) is 27.6 Å². The first kappa shape index (κ1) is 11.9. The van der Waals surface area contributed by atoms with E-state index in [1.807, 2.05) is 24.3 Å². The summed E-state index contributed by atoms with van der Waals surface area (Å²) in [5, 5.41) is 0.684. The lowest BCUT2D eigenvalue weighted by atomic mass is 10.2. The molecule has 0 saturated heterocycles. The van der Waals surface area contributed by atoms with E-state index in [-0.39, 0.29) is 5.82 Å². The van der Waals surface area contributed by atoms with Crippen LogP contribution in [0, 0.1) is 9.52 Å². The second-order valence-electron chi connectivity index (χ2n) is 3.83. The topological polar surface area (TPSA) is 17.3 Å². The Morgan fingerprint density at radius 1 is 1.11 bits per heavy atom. The van der Waals surface area contributed by atoms with Gasteiger partial charge in [-0.3, -0.25) is 4.40 Å². The van der Waals surface area contributed by atoms with Crippen molar-refractivity contribution in [2.45, 2.75) is 0 Å². The Hall–Kier alpha value is -1.14. The molecular weight excluding hydrogens is 366 g/mol. The Labute approximate surface area is 122 Å². The SMILES string of the molecule is Fc1ccc2nc(-c3ccc(Cl)cc3)c(I)n2c1. The fourth-order valence-electron chi connectivity index (χ4n) is 1.78. The molecule has 0 amide bonds. The van der Waals surface area contributed by atoms with Crippen LogP contribution in [0.1, 0.15) is 0 Å². The van der Waals surface area contributed by atoms with E-state index >= 15 is 0 Å². The number of hydrogen-bond acceptors (Lipinski definition) is 1. The summed E-state index contributed by atoms with van der Waals surface area (Å²) < 4.78 is 15.8. The van der Waals surface area contributed by atoms with Crippen LogP contribution in [0.3, 0.4) is 0 Å². The Balaban J connectivity index is 2.23. The lowest BCUT2D eigenvalue weighted by molar-refractivity contribution is 0.618. The zero-order valence-electron chi connectivity index (χ0n) is 9.07. The van der Waals surface area contributed by atoms with E-state index in [0.717, 1.165) is 20.6 Å². The van der Waals surface area contributed by atoms with E-state index in [4.69, 9.17) is 11.6 Å². The minimum atomic E-state index is -0.277. The summed E-state index contributed by atoms with van der Waals surface area (Å²) in [5.74, 6) is -0.277. The molecule has 0 bridgehead atoms. The summed E-state index contributed by atoms with van der Waals surface area (Å²) in [4.78, 5) is 4.50. The fourth-order valence-corrected chi connectivity index (χ4v) is 2.73. The predicted octanol–water partition coefficient (Wildman–Crippen LogP) is 4.40. The lowest BCUT2D eigenvalue weighted by Gasteiger charge is -1.98. The predicted molar refractivity (Wildman–Crippen MR) is 78.3 cm³/mol. The van der Waals surface area contributed by atoms with Crippen molar-refractivity contribution >= 4 is 39.8 Å². The molecule has 2 heterocycles. The van der Waals surface area contributed by atoms with Gasteiger partial charge in [0.05, 0.1) is 0 Å². The summed E-state index contributed by atoms with van der Waals surface area (Å²) in [6, 6.07) is 10.5. The largest absolute Gasteiger partial charge is 0.291 e. The van der Waals surface area contributed by atoms with Crippen LogP contribution in [0.2, 0.25) is 5.02 Å².